The summed E-state index contributed by atoms with van der Waals surface area (Å²) in [7, 11) is 1.62. The van der Waals surface area contributed by atoms with Crippen molar-refractivity contribution in [1.82, 2.24) is 14.9 Å². The Morgan fingerprint density at radius 2 is 1.82 bits per heavy atom. The second-order valence-electron chi connectivity index (χ2n) is 14.9. The Labute approximate surface area is 260 Å². The van der Waals surface area contributed by atoms with Gasteiger partial charge in [0, 0.05) is 12.0 Å². The van der Waals surface area contributed by atoms with E-state index in [4.69, 9.17) is 24.2 Å². The fourth-order valence-corrected chi connectivity index (χ4v) is 7.75. The predicted molar refractivity (Wildman–Crippen MR) is 165 cm³/mol. The lowest BCUT2D eigenvalue weighted by atomic mass is 9.77. The summed E-state index contributed by atoms with van der Waals surface area (Å²) in [5.74, 6) is 0.0894. The van der Waals surface area contributed by atoms with Crippen molar-refractivity contribution in [2.75, 3.05) is 13.7 Å². The van der Waals surface area contributed by atoms with Crippen LogP contribution in [0.1, 0.15) is 91.2 Å². The average molecular weight is 606 g/mol. The van der Waals surface area contributed by atoms with Crippen LogP contribution in [0, 0.1) is 28.6 Å². The molecule has 0 radical (unpaired) electrons. The highest BCUT2D eigenvalue weighted by Gasteiger charge is 2.54. The SMILES string of the molecule is COc1ccc2nc3c(nc2c1)O[C@H]1CN(C(=O)[C@H](C(C)(C)C)CC(=O)O[C@@H]2CC4(CC4)C[C@H]2CCCCC3)[C@H](C=O)[C@@H]1C. The first-order chi connectivity index (χ1) is 21.0. The Morgan fingerprint density at radius 3 is 2.52 bits per heavy atom. The second-order valence-corrected chi connectivity index (χ2v) is 14.9. The summed E-state index contributed by atoms with van der Waals surface area (Å²) in [5, 5.41) is 0. The van der Waals surface area contributed by atoms with Crippen LogP contribution in [0.4, 0.5) is 0 Å². The third kappa shape index (κ3) is 6.16. The van der Waals surface area contributed by atoms with Crippen LogP contribution in [-0.4, -0.2) is 64.9 Å². The van der Waals surface area contributed by atoms with Crippen LogP contribution < -0.4 is 9.47 Å². The molecule has 6 rings (SSSR count). The van der Waals surface area contributed by atoms with Crippen LogP contribution in [0.2, 0.25) is 0 Å². The van der Waals surface area contributed by atoms with Crippen LogP contribution >= 0.6 is 0 Å². The fraction of sp³-hybridized carbons (Fsp3) is 0.686. The van der Waals surface area contributed by atoms with Crippen molar-refractivity contribution >= 4 is 29.2 Å². The summed E-state index contributed by atoms with van der Waals surface area (Å²) in [5.41, 5.74) is 2.08. The molecule has 44 heavy (non-hydrogen) atoms. The molecule has 3 fully saturated rings. The van der Waals surface area contributed by atoms with Gasteiger partial charge in [0.1, 0.15) is 29.9 Å². The zero-order valence-corrected chi connectivity index (χ0v) is 26.8. The molecule has 3 heterocycles. The van der Waals surface area contributed by atoms with Gasteiger partial charge < -0.3 is 23.9 Å². The smallest absolute Gasteiger partial charge is 0.306 e. The van der Waals surface area contributed by atoms with Gasteiger partial charge in [-0.25, -0.2) is 9.97 Å². The Kier molecular flexibility index (Phi) is 8.35. The molecule has 9 nitrogen and oxygen atoms in total. The lowest BCUT2D eigenvalue weighted by Gasteiger charge is -2.34. The molecule has 2 aliphatic heterocycles. The molecule has 1 aromatic carbocycles. The summed E-state index contributed by atoms with van der Waals surface area (Å²) >= 11 is 0. The van der Waals surface area contributed by atoms with E-state index in [0.717, 1.165) is 56.0 Å². The Bertz CT molecular complexity index is 1420. The predicted octanol–water partition coefficient (Wildman–Crippen LogP) is 5.70. The topological polar surface area (TPSA) is 108 Å². The number of hydrogen-bond donors (Lipinski definition) is 0. The molecule has 1 aromatic heterocycles. The monoisotopic (exact) mass is 605 g/mol. The number of aryl methyl sites for hydroxylation is 1. The molecule has 1 spiro atoms. The molecule has 2 aliphatic carbocycles. The highest BCUT2D eigenvalue weighted by atomic mass is 16.5. The average Bonchev–Trinajstić information content (AvgIpc) is 3.55. The van der Waals surface area contributed by atoms with Gasteiger partial charge in [-0.2, -0.15) is 0 Å². The summed E-state index contributed by atoms with van der Waals surface area (Å²) < 4.78 is 18.2. The molecule has 4 aliphatic rings. The maximum Gasteiger partial charge on any atom is 0.306 e. The second kappa shape index (κ2) is 11.9. The van der Waals surface area contributed by atoms with Crippen LogP contribution in [-0.2, 0) is 25.5 Å². The number of amides is 1. The molecule has 238 valence electrons. The van der Waals surface area contributed by atoms with Crippen molar-refractivity contribution in [2.24, 2.45) is 28.6 Å². The minimum Gasteiger partial charge on any atom is -0.497 e. The number of carbonyl (C=O) groups excluding carboxylic acids is 3. The first kappa shape index (κ1) is 30.8. The first-order valence-electron chi connectivity index (χ1n) is 16.5. The number of ether oxygens (including phenoxy) is 3. The van der Waals surface area contributed by atoms with Gasteiger partial charge >= 0.3 is 5.97 Å². The number of fused-ring (bicyclic) bond motifs is 5. The maximum atomic E-state index is 14.2. The van der Waals surface area contributed by atoms with Crippen molar-refractivity contribution in [3.8, 4) is 11.6 Å². The molecule has 2 bridgehead atoms. The van der Waals surface area contributed by atoms with E-state index >= 15 is 0 Å². The van der Waals surface area contributed by atoms with E-state index in [-0.39, 0.29) is 36.9 Å². The molecule has 1 saturated heterocycles. The summed E-state index contributed by atoms with van der Waals surface area (Å²) in [4.78, 5) is 51.6. The van der Waals surface area contributed by atoms with Crippen molar-refractivity contribution in [2.45, 2.75) is 110 Å². The zero-order valence-electron chi connectivity index (χ0n) is 26.8. The van der Waals surface area contributed by atoms with Crippen molar-refractivity contribution < 1.29 is 28.6 Å². The number of benzene rings is 1. The van der Waals surface area contributed by atoms with Crippen molar-refractivity contribution in [3.63, 3.8) is 0 Å². The number of aldehydes is 1. The highest BCUT2D eigenvalue weighted by Crippen LogP contribution is 2.61. The van der Waals surface area contributed by atoms with Gasteiger partial charge in [0.15, 0.2) is 0 Å². The van der Waals surface area contributed by atoms with E-state index in [1.165, 1.54) is 12.8 Å². The summed E-state index contributed by atoms with van der Waals surface area (Å²) in [6.07, 6.45) is 9.57. The minimum absolute atomic E-state index is 0.00265. The molecular formula is C35H47N3O6. The maximum absolute atomic E-state index is 14.2. The molecule has 9 heteroatoms. The number of esters is 1. The molecule has 6 atom stereocenters. The number of hydrogen-bond acceptors (Lipinski definition) is 8. The highest BCUT2D eigenvalue weighted by molar-refractivity contribution is 5.87. The fourth-order valence-electron chi connectivity index (χ4n) is 7.75. The van der Waals surface area contributed by atoms with E-state index < -0.39 is 23.5 Å². The number of nitrogens with zero attached hydrogens (tertiary/aromatic N) is 3. The Morgan fingerprint density at radius 1 is 1.02 bits per heavy atom. The van der Waals surface area contributed by atoms with Crippen LogP contribution in [0.3, 0.4) is 0 Å². The largest absolute Gasteiger partial charge is 0.497 e. The number of aromatic nitrogens is 2. The molecule has 1 amide bonds. The lowest BCUT2D eigenvalue weighted by molar-refractivity contribution is -0.157. The van der Waals surface area contributed by atoms with Crippen LogP contribution in [0.15, 0.2) is 18.2 Å². The van der Waals surface area contributed by atoms with Gasteiger partial charge in [-0.05, 0) is 73.8 Å². The molecule has 2 saturated carbocycles. The standard InChI is InChI=1S/C35H47N3O6/c1-21-28(20-39)38-19-30(21)44-32-26(36-25-12-11-23(42-5)15-27(25)37-32)10-8-6-7-9-22-17-35(13-14-35)18-29(22)43-31(40)16-24(33(38)41)34(2,3)4/h11-12,15,20-22,24,28-30H,6-10,13-14,16-19H2,1-5H3/t21-,22+,24+,28+,29+,30-/m0/s1. The number of methoxy groups -OCH3 is 1. The zero-order chi connectivity index (χ0) is 31.2. The minimum atomic E-state index is -0.665. The van der Waals surface area contributed by atoms with Crippen LogP contribution in [0.25, 0.3) is 11.0 Å². The Balaban J connectivity index is 1.34. The van der Waals surface area contributed by atoms with Gasteiger partial charge in [-0.15, -0.1) is 0 Å². The van der Waals surface area contributed by atoms with Crippen LogP contribution in [0.5, 0.6) is 11.6 Å². The third-order valence-electron chi connectivity index (χ3n) is 10.8. The van der Waals surface area contributed by atoms with Gasteiger partial charge in [0.25, 0.3) is 0 Å². The number of carbonyl (C=O) groups is 3. The van der Waals surface area contributed by atoms with E-state index in [1.807, 2.05) is 45.9 Å². The van der Waals surface area contributed by atoms with Crippen molar-refractivity contribution in [3.05, 3.63) is 23.9 Å². The molecule has 0 N–H and O–H groups in total. The normalized spacial score (nSPS) is 31.0. The van der Waals surface area contributed by atoms with E-state index in [9.17, 15) is 14.4 Å². The Hall–Kier alpha value is -3.23. The van der Waals surface area contributed by atoms with Crippen molar-refractivity contribution in [1.29, 1.82) is 0 Å². The molecular weight excluding hydrogens is 558 g/mol. The van der Waals surface area contributed by atoms with E-state index in [1.54, 1.807) is 12.0 Å². The third-order valence-corrected chi connectivity index (χ3v) is 10.8. The summed E-state index contributed by atoms with van der Waals surface area (Å²) in [6, 6.07) is 4.97. The van der Waals surface area contributed by atoms with E-state index in [2.05, 4.69) is 0 Å². The van der Waals surface area contributed by atoms with Gasteiger partial charge in [-0.1, -0.05) is 40.5 Å². The molecule has 0 unspecified atom stereocenters. The summed E-state index contributed by atoms with van der Waals surface area (Å²) in [6.45, 7) is 8.09. The van der Waals surface area contributed by atoms with Gasteiger partial charge in [0.05, 0.1) is 43.1 Å². The van der Waals surface area contributed by atoms with Gasteiger partial charge in [0.2, 0.25) is 11.8 Å². The van der Waals surface area contributed by atoms with E-state index in [0.29, 0.717) is 34.9 Å². The first-order valence-corrected chi connectivity index (χ1v) is 16.5. The lowest BCUT2D eigenvalue weighted by Crippen LogP contribution is -2.46. The molecule has 2 aromatic rings. The quantitative estimate of drug-likeness (QED) is 0.317. The van der Waals surface area contributed by atoms with Gasteiger partial charge in [-0.3, -0.25) is 9.59 Å². The number of rotatable bonds is 2.